The molecule has 2 aromatic rings. The molecule has 2 aromatic carbocycles. The van der Waals surface area contributed by atoms with Gasteiger partial charge in [0.05, 0.1) is 10.5 Å². The minimum Gasteiger partial charge on any atom is -0.271 e. The predicted molar refractivity (Wildman–Crippen MR) is 79.2 cm³/mol. The Morgan fingerprint density at radius 1 is 1.11 bits per heavy atom. The van der Waals surface area contributed by atoms with E-state index in [1.165, 1.54) is 0 Å². The van der Waals surface area contributed by atoms with E-state index in [1.807, 2.05) is 32.0 Å². The van der Waals surface area contributed by atoms with Gasteiger partial charge < -0.3 is 0 Å². The van der Waals surface area contributed by atoms with Crippen molar-refractivity contribution in [2.45, 2.75) is 19.9 Å². The van der Waals surface area contributed by atoms with E-state index in [4.69, 9.17) is 5.84 Å². The zero-order valence-corrected chi connectivity index (χ0v) is 12.5. The molecule has 2 rings (SSSR count). The first-order valence-electron chi connectivity index (χ1n) is 6.02. The Bertz CT molecular complexity index is 578. The van der Waals surface area contributed by atoms with Crippen molar-refractivity contribution in [3.05, 3.63) is 68.9 Å². The van der Waals surface area contributed by atoms with Gasteiger partial charge in [0, 0.05) is 5.56 Å². The van der Waals surface area contributed by atoms with Gasteiger partial charge in [-0.2, -0.15) is 0 Å². The highest BCUT2D eigenvalue weighted by atomic mass is 79.9. The van der Waals surface area contributed by atoms with Gasteiger partial charge in [0.1, 0.15) is 5.82 Å². The molecule has 0 aliphatic carbocycles. The van der Waals surface area contributed by atoms with Crippen LogP contribution < -0.4 is 11.3 Å². The van der Waals surface area contributed by atoms with E-state index in [-0.39, 0.29) is 11.9 Å². The molecule has 0 spiro atoms. The maximum absolute atomic E-state index is 14.2. The summed E-state index contributed by atoms with van der Waals surface area (Å²) in [4.78, 5) is 0. The molecule has 4 heteroatoms. The Hall–Kier alpha value is -1.23. The van der Waals surface area contributed by atoms with Gasteiger partial charge in [0.2, 0.25) is 0 Å². The summed E-state index contributed by atoms with van der Waals surface area (Å²) >= 11 is 3.21. The van der Waals surface area contributed by atoms with Crippen LogP contribution in [-0.2, 0) is 0 Å². The Morgan fingerprint density at radius 3 is 2.26 bits per heavy atom. The Kier molecular flexibility index (Phi) is 4.34. The fraction of sp³-hybridized carbons (Fsp3) is 0.200. The van der Waals surface area contributed by atoms with Gasteiger partial charge in [-0.3, -0.25) is 5.84 Å². The molecule has 0 aliphatic heterocycles. The van der Waals surface area contributed by atoms with E-state index < -0.39 is 0 Å². The average Bonchev–Trinajstić information content (AvgIpc) is 2.38. The summed E-state index contributed by atoms with van der Waals surface area (Å²) in [6, 6.07) is 10.9. The molecule has 0 aromatic heterocycles. The third-order valence-electron chi connectivity index (χ3n) is 3.29. The summed E-state index contributed by atoms with van der Waals surface area (Å²) in [5.41, 5.74) is 6.45. The number of hydrazine groups is 1. The van der Waals surface area contributed by atoms with Crippen molar-refractivity contribution in [1.29, 1.82) is 0 Å². The van der Waals surface area contributed by atoms with Crippen LogP contribution in [0.4, 0.5) is 4.39 Å². The highest BCUT2D eigenvalue weighted by Gasteiger charge is 2.21. The molecule has 0 fully saturated rings. The van der Waals surface area contributed by atoms with Crippen LogP contribution in [0, 0.1) is 19.7 Å². The van der Waals surface area contributed by atoms with Crippen LogP contribution >= 0.6 is 15.9 Å². The minimum absolute atomic E-state index is 0.284. The van der Waals surface area contributed by atoms with Crippen LogP contribution in [0.3, 0.4) is 0 Å². The number of hydrogen-bond acceptors (Lipinski definition) is 2. The SMILES string of the molecule is Cc1cccc(C)c1C(NN)c1cccc(Br)c1F. The molecule has 0 aliphatic rings. The van der Waals surface area contributed by atoms with E-state index in [9.17, 15) is 4.39 Å². The third-order valence-corrected chi connectivity index (χ3v) is 3.90. The molecular formula is C15H16BrFN2. The number of rotatable bonds is 3. The molecule has 3 N–H and O–H groups in total. The van der Waals surface area contributed by atoms with Crippen LogP contribution in [0.2, 0.25) is 0 Å². The van der Waals surface area contributed by atoms with Crippen molar-refractivity contribution >= 4 is 15.9 Å². The second-order valence-electron chi connectivity index (χ2n) is 4.55. The topological polar surface area (TPSA) is 38.0 Å². The fourth-order valence-electron chi connectivity index (χ4n) is 2.35. The molecule has 100 valence electrons. The largest absolute Gasteiger partial charge is 0.271 e. The van der Waals surface area contributed by atoms with Gasteiger partial charge in [0.25, 0.3) is 0 Å². The number of halogens is 2. The van der Waals surface area contributed by atoms with Crippen LogP contribution in [0.1, 0.15) is 28.3 Å². The first-order valence-corrected chi connectivity index (χ1v) is 6.81. The van der Waals surface area contributed by atoms with Gasteiger partial charge in [0.15, 0.2) is 0 Å². The third kappa shape index (κ3) is 2.71. The normalized spacial score (nSPS) is 12.5. The van der Waals surface area contributed by atoms with E-state index >= 15 is 0 Å². The van der Waals surface area contributed by atoms with E-state index in [2.05, 4.69) is 21.4 Å². The summed E-state index contributed by atoms with van der Waals surface area (Å²) in [6.45, 7) is 4.01. The quantitative estimate of drug-likeness (QED) is 0.667. The number of hydrogen-bond donors (Lipinski definition) is 2. The number of aryl methyl sites for hydroxylation is 2. The second kappa shape index (κ2) is 5.82. The summed E-state index contributed by atoms with van der Waals surface area (Å²) in [7, 11) is 0. The van der Waals surface area contributed by atoms with Gasteiger partial charge in [-0.1, -0.05) is 30.3 Å². The minimum atomic E-state index is -0.362. The zero-order valence-electron chi connectivity index (χ0n) is 10.9. The van der Waals surface area contributed by atoms with Crippen molar-refractivity contribution in [2.75, 3.05) is 0 Å². The highest BCUT2D eigenvalue weighted by Crippen LogP contribution is 2.31. The Morgan fingerprint density at radius 2 is 1.68 bits per heavy atom. The van der Waals surface area contributed by atoms with Gasteiger partial charge in [-0.25, -0.2) is 9.82 Å². The first-order chi connectivity index (χ1) is 9.06. The summed E-state index contributed by atoms with van der Waals surface area (Å²) < 4.78 is 14.7. The van der Waals surface area contributed by atoms with E-state index in [0.717, 1.165) is 16.7 Å². The smallest absolute Gasteiger partial charge is 0.142 e. The van der Waals surface area contributed by atoms with Gasteiger partial charge >= 0.3 is 0 Å². The average molecular weight is 323 g/mol. The lowest BCUT2D eigenvalue weighted by atomic mass is 9.91. The van der Waals surface area contributed by atoms with Gasteiger partial charge in [-0.15, -0.1) is 0 Å². The zero-order chi connectivity index (χ0) is 14.0. The van der Waals surface area contributed by atoms with Crippen molar-refractivity contribution in [1.82, 2.24) is 5.43 Å². The molecule has 19 heavy (non-hydrogen) atoms. The van der Waals surface area contributed by atoms with Crippen LogP contribution in [0.15, 0.2) is 40.9 Å². The highest BCUT2D eigenvalue weighted by molar-refractivity contribution is 9.10. The molecule has 1 unspecified atom stereocenters. The lowest BCUT2D eigenvalue weighted by Crippen LogP contribution is -2.30. The fourth-order valence-corrected chi connectivity index (χ4v) is 2.74. The molecule has 2 nitrogen and oxygen atoms in total. The van der Waals surface area contributed by atoms with Crippen molar-refractivity contribution in [3.8, 4) is 0 Å². The van der Waals surface area contributed by atoms with Crippen molar-refractivity contribution in [2.24, 2.45) is 5.84 Å². The summed E-state index contributed by atoms with van der Waals surface area (Å²) in [5, 5.41) is 0. The predicted octanol–water partition coefficient (Wildman–Crippen LogP) is 3.76. The molecule has 0 bridgehead atoms. The Labute approximate surface area is 120 Å². The van der Waals surface area contributed by atoms with Crippen molar-refractivity contribution < 1.29 is 4.39 Å². The van der Waals surface area contributed by atoms with Crippen LogP contribution in [0.25, 0.3) is 0 Å². The molecule has 0 radical (unpaired) electrons. The molecule has 0 amide bonds. The number of nitrogens with two attached hydrogens (primary N) is 1. The van der Waals surface area contributed by atoms with Crippen LogP contribution in [0.5, 0.6) is 0 Å². The first kappa shape index (κ1) is 14.2. The molecule has 0 heterocycles. The monoisotopic (exact) mass is 322 g/mol. The summed E-state index contributed by atoms with van der Waals surface area (Å²) in [5.74, 6) is 5.38. The maximum Gasteiger partial charge on any atom is 0.142 e. The Balaban J connectivity index is 2.60. The second-order valence-corrected chi connectivity index (χ2v) is 5.40. The molecular weight excluding hydrogens is 307 g/mol. The van der Waals surface area contributed by atoms with E-state index in [1.54, 1.807) is 18.2 Å². The van der Waals surface area contributed by atoms with Gasteiger partial charge in [-0.05, 0) is 52.5 Å². The standard InChI is InChI=1S/C15H16BrFN2/c1-9-5-3-6-10(2)13(9)15(19-18)11-7-4-8-12(16)14(11)17/h3-8,15,19H,18H2,1-2H3. The number of nitrogens with one attached hydrogen (secondary N) is 1. The lowest BCUT2D eigenvalue weighted by Gasteiger charge is -2.22. The molecule has 1 atom stereocenters. The van der Waals surface area contributed by atoms with Crippen LogP contribution in [-0.4, -0.2) is 0 Å². The lowest BCUT2D eigenvalue weighted by molar-refractivity contribution is 0.553. The van der Waals surface area contributed by atoms with Crippen molar-refractivity contribution in [3.63, 3.8) is 0 Å². The maximum atomic E-state index is 14.2. The molecule has 0 saturated carbocycles. The number of benzene rings is 2. The summed E-state index contributed by atoms with van der Waals surface area (Å²) in [6.07, 6.45) is 0. The molecule has 0 saturated heterocycles. The van der Waals surface area contributed by atoms with E-state index in [0.29, 0.717) is 10.0 Å².